The standard InChI is InChI=1S/C16H18N2O3S/c1-10-6-4-5-7-14(10)16(19)18-15-9-13(22(17,20)21)8-11(2)12(15)3/h4-9H,1-3H3,(H,18,19)(H2,17,20,21). The summed E-state index contributed by atoms with van der Waals surface area (Å²) in [7, 11) is -3.82. The van der Waals surface area contributed by atoms with Crippen molar-refractivity contribution in [2.45, 2.75) is 25.7 Å². The Morgan fingerprint density at radius 3 is 2.27 bits per heavy atom. The average Bonchev–Trinajstić information content (AvgIpc) is 2.42. The van der Waals surface area contributed by atoms with E-state index in [9.17, 15) is 13.2 Å². The third-order valence-corrected chi connectivity index (χ3v) is 4.50. The fraction of sp³-hybridized carbons (Fsp3) is 0.188. The van der Waals surface area contributed by atoms with E-state index in [2.05, 4.69) is 5.32 Å². The number of primary sulfonamides is 1. The smallest absolute Gasteiger partial charge is 0.255 e. The summed E-state index contributed by atoms with van der Waals surface area (Å²) in [6.45, 7) is 5.43. The third-order valence-electron chi connectivity index (χ3n) is 3.61. The molecule has 1 amide bonds. The molecule has 0 aliphatic heterocycles. The molecule has 116 valence electrons. The molecule has 0 aromatic heterocycles. The Balaban J connectivity index is 2.44. The van der Waals surface area contributed by atoms with Crippen LogP contribution in [0.2, 0.25) is 0 Å². The van der Waals surface area contributed by atoms with Gasteiger partial charge in [0.2, 0.25) is 10.0 Å². The molecular weight excluding hydrogens is 300 g/mol. The molecule has 0 saturated heterocycles. The lowest BCUT2D eigenvalue weighted by Crippen LogP contribution is -2.17. The first-order chi connectivity index (χ1) is 10.2. The SMILES string of the molecule is Cc1ccccc1C(=O)Nc1cc(S(N)(=O)=O)cc(C)c1C. The van der Waals surface area contributed by atoms with Gasteiger partial charge in [0.25, 0.3) is 5.91 Å². The van der Waals surface area contributed by atoms with Crippen LogP contribution in [-0.4, -0.2) is 14.3 Å². The van der Waals surface area contributed by atoms with Crippen molar-refractivity contribution in [3.63, 3.8) is 0 Å². The maximum Gasteiger partial charge on any atom is 0.255 e. The molecule has 0 radical (unpaired) electrons. The molecule has 3 N–H and O–H groups in total. The van der Waals surface area contributed by atoms with Crippen molar-refractivity contribution >= 4 is 21.6 Å². The van der Waals surface area contributed by atoms with E-state index in [1.807, 2.05) is 26.0 Å². The summed E-state index contributed by atoms with van der Waals surface area (Å²) in [4.78, 5) is 12.3. The van der Waals surface area contributed by atoms with E-state index in [0.29, 0.717) is 11.3 Å². The van der Waals surface area contributed by atoms with Gasteiger partial charge >= 0.3 is 0 Å². The maximum atomic E-state index is 12.4. The second kappa shape index (κ2) is 5.90. The van der Waals surface area contributed by atoms with E-state index in [-0.39, 0.29) is 10.8 Å². The Bertz CT molecular complexity index is 842. The first kappa shape index (κ1) is 16.2. The minimum Gasteiger partial charge on any atom is -0.322 e. The molecule has 0 bridgehead atoms. The molecular formula is C16H18N2O3S. The summed E-state index contributed by atoms with van der Waals surface area (Å²) < 4.78 is 23.0. The highest BCUT2D eigenvalue weighted by Crippen LogP contribution is 2.24. The van der Waals surface area contributed by atoms with Gasteiger partial charge in [0, 0.05) is 11.3 Å². The van der Waals surface area contributed by atoms with Crippen molar-refractivity contribution in [2.75, 3.05) is 5.32 Å². The van der Waals surface area contributed by atoms with Crippen LogP contribution in [0.1, 0.15) is 27.0 Å². The Labute approximate surface area is 130 Å². The minimum atomic E-state index is -3.82. The molecule has 0 unspecified atom stereocenters. The lowest BCUT2D eigenvalue weighted by molar-refractivity contribution is 0.102. The van der Waals surface area contributed by atoms with Crippen LogP contribution in [0.4, 0.5) is 5.69 Å². The third kappa shape index (κ3) is 3.35. The number of carbonyl (C=O) groups is 1. The number of rotatable bonds is 3. The zero-order chi connectivity index (χ0) is 16.5. The van der Waals surface area contributed by atoms with Crippen molar-refractivity contribution in [1.29, 1.82) is 0 Å². The topological polar surface area (TPSA) is 89.3 Å². The predicted octanol–water partition coefficient (Wildman–Crippen LogP) is 2.51. The van der Waals surface area contributed by atoms with Crippen molar-refractivity contribution in [3.8, 4) is 0 Å². The van der Waals surface area contributed by atoms with Crippen LogP contribution in [0.3, 0.4) is 0 Å². The van der Waals surface area contributed by atoms with Gasteiger partial charge in [-0.2, -0.15) is 0 Å². The Morgan fingerprint density at radius 2 is 1.68 bits per heavy atom. The molecule has 2 aromatic carbocycles. The molecule has 2 aromatic rings. The number of nitrogens with one attached hydrogen (secondary N) is 1. The van der Waals surface area contributed by atoms with Gasteiger partial charge in [-0.25, -0.2) is 13.6 Å². The van der Waals surface area contributed by atoms with Gasteiger partial charge in [0.05, 0.1) is 4.90 Å². The van der Waals surface area contributed by atoms with Gasteiger partial charge < -0.3 is 5.32 Å². The first-order valence-corrected chi connectivity index (χ1v) is 8.26. The quantitative estimate of drug-likeness (QED) is 0.911. The maximum absolute atomic E-state index is 12.4. The molecule has 0 fully saturated rings. The highest BCUT2D eigenvalue weighted by molar-refractivity contribution is 7.89. The summed E-state index contributed by atoms with van der Waals surface area (Å²) in [6, 6.07) is 10.1. The van der Waals surface area contributed by atoms with Crippen LogP contribution < -0.4 is 10.5 Å². The summed E-state index contributed by atoms with van der Waals surface area (Å²) in [5.74, 6) is -0.285. The van der Waals surface area contributed by atoms with Crippen molar-refractivity contribution in [2.24, 2.45) is 5.14 Å². The molecule has 2 rings (SSSR count). The van der Waals surface area contributed by atoms with E-state index >= 15 is 0 Å². The van der Waals surface area contributed by atoms with E-state index in [0.717, 1.165) is 16.7 Å². The highest BCUT2D eigenvalue weighted by Gasteiger charge is 2.15. The van der Waals surface area contributed by atoms with Crippen LogP contribution in [0.15, 0.2) is 41.3 Å². The Hall–Kier alpha value is -2.18. The first-order valence-electron chi connectivity index (χ1n) is 6.71. The summed E-state index contributed by atoms with van der Waals surface area (Å²) >= 11 is 0. The van der Waals surface area contributed by atoms with E-state index < -0.39 is 10.0 Å². The molecule has 5 nitrogen and oxygen atoms in total. The van der Waals surface area contributed by atoms with Gasteiger partial charge in [-0.1, -0.05) is 18.2 Å². The molecule has 0 saturated carbocycles. The van der Waals surface area contributed by atoms with E-state index in [1.165, 1.54) is 12.1 Å². The summed E-state index contributed by atoms with van der Waals surface area (Å²) in [6.07, 6.45) is 0. The lowest BCUT2D eigenvalue weighted by Gasteiger charge is -2.13. The van der Waals surface area contributed by atoms with Crippen LogP contribution in [0.25, 0.3) is 0 Å². The Kier molecular flexibility index (Phi) is 4.35. The predicted molar refractivity (Wildman–Crippen MR) is 86.4 cm³/mol. The fourth-order valence-corrected chi connectivity index (χ4v) is 2.76. The number of aryl methyl sites for hydroxylation is 2. The van der Waals surface area contributed by atoms with Crippen molar-refractivity contribution in [1.82, 2.24) is 0 Å². The summed E-state index contributed by atoms with van der Waals surface area (Å²) in [5, 5.41) is 7.93. The van der Waals surface area contributed by atoms with E-state index in [1.54, 1.807) is 19.1 Å². The van der Waals surface area contributed by atoms with Crippen LogP contribution in [0, 0.1) is 20.8 Å². The molecule has 6 heteroatoms. The molecule has 0 aliphatic carbocycles. The molecule has 0 spiro atoms. The largest absolute Gasteiger partial charge is 0.322 e. The van der Waals surface area contributed by atoms with E-state index in [4.69, 9.17) is 5.14 Å². The van der Waals surface area contributed by atoms with Gasteiger partial charge in [-0.3, -0.25) is 4.79 Å². The van der Waals surface area contributed by atoms with Gasteiger partial charge in [-0.05, 0) is 55.7 Å². The normalized spacial score (nSPS) is 11.3. The second-order valence-electron chi connectivity index (χ2n) is 5.23. The number of hydrogen-bond donors (Lipinski definition) is 2. The number of sulfonamides is 1. The number of anilines is 1. The van der Waals surface area contributed by atoms with Crippen molar-refractivity contribution in [3.05, 3.63) is 58.7 Å². The minimum absolute atomic E-state index is 0.0179. The number of carbonyl (C=O) groups excluding carboxylic acids is 1. The second-order valence-corrected chi connectivity index (χ2v) is 6.79. The number of benzene rings is 2. The van der Waals surface area contributed by atoms with Gasteiger partial charge in [0.15, 0.2) is 0 Å². The average molecular weight is 318 g/mol. The molecule has 0 aliphatic rings. The summed E-state index contributed by atoms with van der Waals surface area (Å²) in [5.41, 5.74) is 3.37. The zero-order valence-corrected chi connectivity index (χ0v) is 13.5. The van der Waals surface area contributed by atoms with Gasteiger partial charge in [-0.15, -0.1) is 0 Å². The van der Waals surface area contributed by atoms with Crippen LogP contribution in [0.5, 0.6) is 0 Å². The zero-order valence-electron chi connectivity index (χ0n) is 12.7. The molecule has 22 heavy (non-hydrogen) atoms. The molecule has 0 atom stereocenters. The van der Waals surface area contributed by atoms with Crippen LogP contribution in [-0.2, 0) is 10.0 Å². The van der Waals surface area contributed by atoms with Crippen molar-refractivity contribution < 1.29 is 13.2 Å². The number of nitrogens with two attached hydrogens (primary N) is 1. The fourth-order valence-electron chi connectivity index (χ4n) is 2.14. The number of hydrogen-bond acceptors (Lipinski definition) is 3. The van der Waals surface area contributed by atoms with Crippen LogP contribution >= 0.6 is 0 Å². The van der Waals surface area contributed by atoms with Gasteiger partial charge in [0.1, 0.15) is 0 Å². The Morgan fingerprint density at radius 1 is 1.05 bits per heavy atom. The number of amides is 1. The highest BCUT2D eigenvalue weighted by atomic mass is 32.2. The lowest BCUT2D eigenvalue weighted by atomic mass is 10.1. The monoisotopic (exact) mass is 318 g/mol. The molecule has 0 heterocycles.